The Morgan fingerprint density at radius 3 is 2.50 bits per heavy atom. The molecule has 0 heterocycles. The average Bonchev–Trinajstić information content (AvgIpc) is 2.88. The van der Waals surface area contributed by atoms with Crippen LogP contribution in [0.3, 0.4) is 0 Å². The summed E-state index contributed by atoms with van der Waals surface area (Å²) in [4.78, 5) is 0. The van der Waals surface area contributed by atoms with Crippen molar-refractivity contribution >= 4 is 0 Å². The molecule has 0 aromatic rings. The van der Waals surface area contributed by atoms with Gasteiger partial charge in [-0.3, -0.25) is 0 Å². The number of hydrogen-bond donors (Lipinski definition) is 1. The normalized spacial score (nSPS) is 30.2. The Bertz CT molecular complexity index is 218. The molecule has 1 N–H and O–H groups in total. The van der Waals surface area contributed by atoms with Crippen molar-refractivity contribution in [2.75, 3.05) is 6.54 Å². The first-order valence-corrected chi connectivity index (χ1v) is 8.49. The van der Waals surface area contributed by atoms with Crippen molar-refractivity contribution in [1.82, 2.24) is 5.32 Å². The molecule has 2 aliphatic carbocycles. The zero-order chi connectivity index (χ0) is 12.8. The minimum Gasteiger partial charge on any atom is -0.314 e. The topological polar surface area (TPSA) is 12.0 Å². The van der Waals surface area contributed by atoms with Crippen LogP contribution in [-0.4, -0.2) is 12.6 Å². The first kappa shape index (κ1) is 14.4. The van der Waals surface area contributed by atoms with Crippen LogP contribution < -0.4 is 5.32 Å². The number of rotatable bonds is 6. The van der Waals surface area contributed by atoms with Gasteiger partial charge in [0.25, 0.3) is 0 Å². The third kappa shape index (κ3) is 4.57. The van der Waals surface area contributed by atoms with Gasteiger partial charge in [0.2, 0.25) is 0 Å². The fourth-order valence-electron chi connectivity index (χ4n) is 4.01. The zero-order valence-corrected chi connectivity index (χ0v) is 12.6. The summed E-state index contributed by atoms with van der Waals surface area (Å²) in [5.41, 5.74) is 0. The number of hydrogen-bond acceptors (Lipinski definition) is 1. The summed E-state index contributed by atoms with van der Waals surface area (Å²) in [5, 5.41) is 3.83. The molecule has 106 valence electrons. The first-order chi connectivity index (χ1) is 8.75. The second kappa shape index (κ2) is 7.53. The minimum absolute atomic E-state index is 0.828. The van der Waals surface area contributed by atoms with E-state index in [-0.39, 0.29) is 0 Å². The Balaban J connectivity index is 1.55. The van der Waals surface area contributed by atoms with E-state index in [0.717, 1.165) is 23.8 Å². The molecule has 2 saturated carbocycles. The highest BCUT2D eigenvalue weighted by atomic mass is 14.9. The highest BCUT2D eigenvalue weighted by Crippen LogP contribution is 2.30. The molecule has 0 aromatic carbocycles. The van der Waals surface area contributed by atoms with E-state index < -0.39 is 0 Å². The maximum absolute atomic E-state index is 3.83. The van der Waals surface area contributed by atoms with Gasteiger partial charge in [-0.1, -0.05) is 52.4 Å². The quantitative estimate of drug-likeness (QED) is 0.671. The average molecular weight is 251 g/mol. The summed E-state index contributed by atoms with van der Waals surface area (Å²) in [7, 11) is 0. The molecule has 2 fully saturated rings. The monoisotopic (exact) mass is 251 g/mol. The van der Waals surface area contributed by atoms with Crippen molar-refractivity contribution < 1.29 is 0 Å². The van der Waals surface area contributed by atoms with Gasteiger partial charge < -0.3 is 5.32 Å². The van der Waals surface area contributed by atoms with Crippen molar-refractivity contribution in [1.29, 1.82) is 0 Å². The maximum Gasteiger partial charge on any atom is 0.00698 e. The lowest BCUT2D eigenvalue weighted by Crippen LogP contribution is -2.36. The maximum atomic E-state index is 3.83. The molecule has 1 heteroatoms. The van der Waals surface area contributed by atoms with E-state index in [4.69, 9.17) is 0 Å². The summed E-state index contributed by atoms with van der Waals surface area (Å²) >= 11 is 0. The third-order valence-corrected chi connectivity index (χ3v) is 5.35. The Morgan fingerprint density at radius 1 is 1.00 bits per heavy atom. The van der Waals surface area contributed by atoms with Gasteiger partial charge in [-0.25, -0.2) is 0 Å². The molecule has 1 nitrogen and oxygen atoms in total. The van der Waals surface area contributed by atoms with Crippen LogP contribution in [0.2, 0.25) is 0 Å². The molecule has 2 aliphatic rings. The molecular formula is C17H33N. The van der Waals surface area contributed by atoms with Gasteiger partial charge in [-0.2, -0.15) is 0 Å². The first-order valence-electron chi connectivity index (χ1n) is 8.49. The van der Waals surface area contributed by atoms with E-state index in [2.05, 4.69) is 19.2 Å². The molecule has 18 heavy (non-hydrogen) atoms. The van der Waals surface area contributed by atoms with Gasteiger partial charge in [0.1, 0.15) is 0 Å². The molecule has 0 aromatic heterocycles. The summed E-state index contributed by atoms with van der Waals surface area (Å²) in [6.45, 7) is 6.06. The van der Waals surface area contributed by atoms with Crippen LogP contribution in [0.1, 0.15) is 78.1 Å². The van der Waals surface area contributed by atoms with E-state index in [0.29, 0.717) is 0 Å². The largest absolute Gasteiger partial charge is 0.314 e. The van der Waals surface area contributed by atoms with Crippen molar-refractivity contribution in [2.45, 2.75) is 84.1 Å². The molecular weight excluding hydrogens is 218 g/mol. The Hall–Kier alpha value is -0.0400. The van der Waals surface area contributed by atoms with Crippen LogP contribution in [-0.2, 0) is 0 Å². The SMILES string of the molecule is CC(C)C1CCCC(NCCCC2CCCC2)C1. The summed E-state index contributed by atoms with van der Waals surface area (Å²) in [6, 6.07) is 0.828. The van der Waals surface area contributed by atoms with Crippen LogP contribution in [0.15, 0.2) is 0 Å². The Kier molecular flexibility index (Phi) is 6.01. The Morgan fingerprint density at radius 2 is 1.78 bits per heavy atom. The molecule has 2 atom stereocenters. The van der Waals surface area contributed by atoms with Crippen molar-refractivity contribution in [3.05, 3.63) is 0 Å². The molecule has 0 radical (unpaired) electrons. The van der Waals surface area contributed by atoms with Crippen LogP contribution in [0.4, 0.5) is 0 Å². The van der Waals surface area contributed by atoms with Crippen LogP contribution >= 0.6 is 0 Å². The van der Waals surface area contributed by atoms with Gasteiger partial charge in [0, 0.05) is 6.04 Å². The molecule has 0 saturated heterocycles. The standard InChI is InChI=1S/C17H33N/c1-14(2)16-10-5-11-17(13-16)18-12-6-9-15-7-3-4-8-15/h14-18H,3-13H2,1-2H3. The van der Waals surface area contributed by atoms with E-state index in [1.807, 2.05) is 0 Å². The molecule has 0 amide bonds. The van der Waals surface area contributed by atoms with Crippen molar-refractivity contribution in [2.24, 2.45) is 17.8 Å². The lowest BCUT2D eigenvalue weighted by Gasteiger charge is -2.32. The van der Waals surface area contributed by atoms with Crippen LogP contribution in [0.25, 0.3) is 0 Å². The van der Waals surface area contributed by atoms with Crippen LogP contribution in [0.5, 0.6) is 0 Å². The minimum atomic E-state index is 0.828. The number of nitrogens with one attached hydrogen (secondary N) is 1. The lowest BCUT2D eigenvalue weighted by atomic mass is 9.79. The van der Waals surface area contributed by atoms with E-state index in [9.17, 15) is 0 Å². The summed E-state index contributed by atoms with van der Waals surface area (Å²) in [5.74, 6) is 2.93. The van der Waals surface area contributed by atoms with Gasteiger partial charge in [0.05, 0.1) is 0 Å². The van der Waals surface area contributed by atoms with Gasteiger partial charge >= 0.3 is 0 Å². The Labute approximate surface area is 114 Å². The lowest BCUT2D eigenvalue weighted by molar-refractivity contribution is 0.230. The molecule has 0 bridgehead atoms. The van der Waals surface area contributed by atoms with E-state index >= 15 is 0 Å². The smallest absolute Gasteiger partial charge is 0.00698 e. The second-order valence-corrected chi connectivity index (χ2v) is 7.11. The third-order valence-electron chi connectivity index (χ3n) is 5.35. The molecule has 2 rings (SSSR count). The predicted octanol–water partition coefficient (Wildman–Crippen LogP) is 4.76. The highest BCUT2D eigenvalue weighted by Gasteiger charge is 2.23. The van der Waals surface area contributed by atoms with Crippen LogP contribution in [0, 0.1) is 17.8 Å². The van der Waals surface area contributed by atoms with Gasteiger partial charge in [-0.05, 0) is 50.0 Å². The molecule has 0 spiro atoms. The van der Waals surface area contributed by atoms with E-state index in [1.165, 1.54) is 70.8 Å². The zero-order valence-electron chi connectivity index (χ0n) is 12.6. The fraction of sp³-hybridized carbons (Fsp3) is 1.00. The summed E-state index contributed by atoms with van der Waals surface area (Å²) in [6.07, 6.45) is 14.7. The molecule has 2 unspecified atom stereocenters. The predicted molar refractivity (Wildman–Crippen MR) is 79.8 cm³/mol. The van der Waals surface area contributed by atoms with Crippen molar-refractivity contribution in [3.8, 4) is 0 Å². The second-order valence-electron chi connectivity index (χ2n) is 7.11. The van der Waals surface area contributed by atoms with Gasteiger partial charge in [0.15, 0.2) is 0 Å². The molecule has 0 aliphatic heterocycles. The van der Waals surface area contributed by atoms with Gasteiger partial charge in [-0.15, -0.1) is 0 Å². The fourth-order valence-corrected chi connectivity index (χ4v) is 4.01. The van der Waals surface area contributed by atoms with E-state index in [1.54, 1.807) is 0 Å². The summed E-state index contributed by atoms with van der Waals surface area (Å²) < 4.78 is 0. The van der Waals surface area contributed by atoms with Crippen molar-refractivity contribution in [3.63, 3.8) is 0 Å². The highest BCUT2D eigenvalue weighted by molar-refractivity contribution is 4.79.